The number of carbonyl (C=O) groups excluding carboxylic acids is 4. The van der Waals surface area contributed by atoms with Crippen molar-refractivity contribution in [3.05, 3.63) is 48.0 Å². The van der Waals surface area contributed by atoms with Gasteiger partial charge in [0.05, 0.1) is 0 Å². The number of imide groups is 2. The Hall–Kier alpha value is -3.42. The molecule has 1 fully saturated rings. The van der Waals surface area contributed by atoms with Crippen molar-refractivity contribution in [2.24, 2.45) is 0 Å². The van der Waals surface area contributed by atoms with Gasteiger partial charge in [-0.15, -0.1) is 0 Å². The van der Waals surface area contributed by atoms with Gasteiger partial charge in [0.1, 0.15) is 12.1 Å². The fourth-order valence-electron chi connectivity index (χ4n) is 3.13. The van der Waals surface area contributed by atoms with E-state index in [2.05, 4.69) is 16.0 Å². The van der Waals surface area contributed by atoms with E-state index in [1.165, 1.54) is 0 Å². The summed E-state index contributed by atoms with van der Waals surface area (Å²) in [6, 6.07) is 11.9. The Morgan fingerprint density at radius 2 is 1.82 bits per heavy atom. The summed E-state index contributed by atoms with van der Waals surface area (Å²) in [5, 5.41) is 9.22. The highest BCUT2D eigenvalue weighted by molar-refractivity contribution is 6.10. The second kappa shape index (κ2) is 7.67. The Labute approximate surface area is 162 Å². The molecule has 8 heteroatoms. The molecule has 1 aliphatic rings. The SMILES string of the molecule is CCCNC(=O)NC(=O)CN1C(=O)N[C@](C)(c2ccc3ccccc3c2)C1=O. The van der Waals surface area contributed by atoms with Gasteiger partial charge in [-0.2, -0.15) is 0 Å². The maximum absolute atomic E-state index is 12.9. The quantitative estimate of drug-likeness (QED) is 0.686. The van der Waals surface area contributed by atoms with Gasteiger partial charge in [0.15, 0.2) is 0 Å². The van der Waals surface area contributed by atoms with Crippen LogP contribution >= 0.6 is 0 Å². The van der Waals surface area contributed by atoms with E-state index in [1.54, 1.807) is 13.0 Å². The van der Waals surface area contributed by atoms with Crippen molar-refractivity contribution >= 4 is 34.6 Å². The van der Waals surface area contributed by atoms with Gasteiger partial charge in [-0.1, -0.05) is 43.3 Å². The summed E-state index contributed by atoms with van der Waals surface area (Å²) in [7, 11) is 0. The molecule has 3 rings (SSSR count). The van der Waals surface area contributed by atoms with Gasteiger partial charge in [0.25, 0.3) is 5.91 Å². The van der Waals surface area contributed by atoms with Crippen LogP contribution in [0.25, 0.3) is 10.8 Å². The van der Waals surface area contributed by atoms with Crippen LogP contribution in [0.15, 0.2) is 42.5 Å². The van der Waals surface area contributed by atoms with Crippen LogP contribution in [-0.4, -0.2) is 41.9 Å². The zero-order chi connectivity index (χ0) is 20.3. The highest BCUT2D eigenvalue weighted by Crippen LogP contribution is 2.30. The van der Waals surface area contributed by atoms with Crippen LogP contribution in [0.3, 0.4) is 0 Å². The summed E-state index contributed by atoms with van der Waals surface area (Å²) in [5.74, 6) is -1.28. The first kappa shape index (κ1) is 19.3. The van der Waals surface area contributed by atoms with Gasteiger partial charge >= 0.3 is 12.1 Å². The van der Waals surface area contributed by atoms with Crippen LogP contribution in [0, 0.1) is 0 Å². The summed E-state index contributed by atoms with van der Waals surface area (Å²) >= 11 is 0. The predicted molar refractivity (Wildman–Crippen MR) is 103 cm³/mol. The Bertz CT molecular complexity index is 958. The molecule has 1 heterocycles. The van der Waals surface area contributed by atoms with E-state index in [0.29, 0.717) is 12.1 Å². The lowest BCUT2D eigenvalue weighted by molar-refractivity contribution is -0.134. The maximum Gasteiger partial charge on any atom is 0.325 e. The molecule has 0 aliphatic carbocycles. The number of benzene rings is 2. The summed E-state index contributed by atoms with van der Waals surface area (Å²) < 4.78 is 0. The van der Waals surface area contributed by atoms with Crippen molar-refractivity contribution < 1.29 is 19.2 Å². The van der Waals surface area contributed by atoms with Gasteiger partial charge in [-0.05, 0) is 35.7 Å². The molecule has 6 amide bonds. The third kappa shape index (κ3) is 3.66. The van der Waals surface area contributed by atoms with E-state index in [9.17, 15) is 19.2 Å². The first-order chi connectivity index (χ1) is 13.3. The minimum Gasteiger partial charge on any atom is -0.338 e. The highest BCUT2D eigenvalue weighted by atomic mass is 16.2. The van der Waals surface area contributed by atoms with Gasteiger partial charge in [-0.3, -0.25) is 19.8 Å². The maximum atomic E-state index is 12.9. The number of urea groups is 2. The number of carbonyl (C=O) groups is 4. The molecule has 1 atom stereocenters. The zero-order valence-corrected chi connectivity index (χ0v) is 15.7. The van der Waals surface area contributed by atoms with Crippen LogP contribution < -0.4 is 16.0 Å². The molecule has 0 saturated carbocycles. The van der Waals surface area contributed by atoms with Crippen molar-refractivity contribution in [2.45, 2.75) is 25.8 Å². The number of fused-ring (bicyclic) bond motifs is 1. The van der Waals surface area contributed by atoms with E-state index in [0.717, 1.165) is 22.1 Å². The van der Waals surface area contributed by atoms with Gasteiger partial charge in [0.2, 0.25) is 5.91 Å². The molecule has 8 nitrogen and oxygen atoms in total. The van der Waals surface area contributed by atoms with E-state index in [4.69, 9.17) is 0 Å². The molecule has 0 aromatic heterocycles. The highest BCUT2D eigenvalue weighted by Gasteiger charge is 2.49. The molecule has 0 unspecified atom stereocenters. The third-order valence-corrected chi connectivity index (χ3v) is 4.69. The number of hydrogen-bond acceptors (Lipinski definition) is 4. The van der Waals surface area contributed by atoms with Gasteiger partial charge < -0.3 is 10.6 Å². The average molecular weight is 382 g/mol. The average Bonchev–Trinajstić information content (AvgIpc) is 2.90. The molecule has 0 bridgehead atoms. The van der Waals surface area contributed by atoms with Crippen LogP contribution in [-0.2, 0) is 15.1 Å². The predicted octanol–water partition coefficient (Wildman–Crippen LogP) is 1.84. The molecular formula is C20H22N4O4. The van der Waals surface area contributed by atoms with Crippen molar-refractivity contribution in [1.29, 1.82) is 0 Å². The lowest BCUT2D eigenvalue weighted by Gasteiger charge is -2.22. The summed E-state index contributed by atoms with van der Waals surface area (Å²) in [6.07, 6.45) is 0.721. The Kier molecular flexibility index (Phi) is 5.30. The van der Waals surface area contributed by atoms with E-state index in [1.807, 2.05) is 43.3 Å². The number of nitrogens with zero attached hydrogens (tertiary/aromatic N) is 1. The van der Waals surface area contributed by atoms with E-state index < -0.39 is 36.0 Å². The normalized spacial score (nSPS) is 18.9. The fourth-order valence-corrected chi connectivity index (χ4v) is 3.13. The molecule has 2 aromatic carbocycles. The lowest BCUT2D eigenvalue weighted by Crippen LogP contribution is -2.47. The molecule has 1 aliphatic heterocycles. The monoisotopic (exact) mass is 382 g/mol. The Morgan fingerprint density at radius 1 is 1.11 bits per heavy atom. The second-order valence-corrected chi connectivity index (χ2v) is 6.81. The standard InChI is InChI=1S/C20H22N4O4/c1-3-10-21-18(27)22-16(25)12-24-17(26)20(2,23-19(24)28)15-9-8-13-6-4-5-7-14(13)11-15/h4-9,11H,3,10,12H2,1-2H3,(H,23,28)(H2,21,22,25,27)/t20-/m1/s1. The number of hydrogen-bond donors (Lipinski definition) is 3. The minimum absolute atomic E-state index is 0.419. The van der Waals surface area contributed by atoms with E-state index >= 15 is 0 Å². The Morgan fingerprint density at radius 3 is 2.54 bits per heavy atom. The minimum atomic E-state index is -1.29. The first-order valence-corrected chi connectivity index (χ1v) is 9.06. The van der Waals surface area contributed by atoms with Crippen molar-refractivity contribution in [3.63, 3.8) is 0 Å². The molecule has 1 saturated heterocycles. The van der Waals surface area contributed by atoms with Crippen LogP contribution in [0.4, 0.5) is 9.59 Å². The van der Waals surface area contributed by atoms with Crippen molar-refractivity contribution in [1.82, 2.24) is 20.9 Å². The fraction of sp³-hybridized carbons (Fsp3) is 0.300. The molecule has 2 aromatic rings. The van der Waals surface area contributed by atoms with Crippen LogP contribution in [0.2, 0.25) is 0 Å². The topological polar surface area (TPSA) is 108 Å². The smallest absolute Gasteiger partial charge is 0.325 e. The molecule has 0 spiro atoms. The molecule has 146 valence electrons. The number of nitrogens with one attached hydrogen (secondary N) is 3. The summed E-state index contributed by atoms with van der Waals surface area (Å²) in [6.45, 7) is 3.36. The van der Waals surface area contributed by atoms with Gasteiger partial charge in [0, 0.05) is 6.54 Å². The number of amides is 6. The first-order valence-electron chi connectivity index (χ1n) is 9.06. The largest absolute Gasteiger partial charge is 0.338 e. The second-order valence-electron chi connectivity index (χ2n) is 6.81. The molecular weight excluding hydrogens is 360 g/mol. The zero-order valence-electron chi connectivity index (χ0n) is 15.7. The molecule has 28 heavy (non-hydrogen) atoms. The Balaban J connectivity index is 1.76. The van der Waals surface area contributed by atoms with E-state index in [-0.39, 0.29) is 0 Å². The lowest BCUT2D eigenvalue weighted by atomic mass is 9.90. The number of rotatable bonds is 5. The summed E-state index contributed by atoms with van der Waals surface area (Å²) in [4.78, 5) is 49.7. The third-order valence-electron chi connectivity index (χ3n) is 4.69. The van der Waals surface area contributed by atoms with Crippen molar-refractivity contribution in [3.8, 4) is 0 Å². The molecule has 3 N–H and O–H groups in total. The van der Waals surface area contributed by atoms with Crippen LogP contribution in [0.1, 0.15) is 25.8 Å². The van der Waals surface area contributed by atoms with Gasteiger partial charge in [-0.25, -0.2) is 9.59 Å². The molecule has 0 radical (unpaired) electrons. The summed E-state index contributed by atoms with van der Waals surface area (Å²) in [5.41, 5.74) is -0.667. The van der Waals surface area contributed by atoms with Crippen molar-refractivity contribution in [2.75, 3.05) is 13.1 Å². The van der Waals surface area contributed by atoms with Crippen LogP contribution in [0.5, 0.6) is 0 Å².